The van der Waals surface area contributed by atoms with E-state index >= 15 is 0 Å². The molecule has 0 aliphatic carbocycles. The number of nitrogens with zero attached hydrogens (tertiary/aromatic N) is 2. The highest BCUT2D eigenvalue weighted by Crippen LogP contribution is 2.23. The van der Waals surface area contributed by atoms with Crippen LogP contribution in [0.3, 0.4) is 0 Å². The van der Waals surface area contributed by atoms with Crippen molar-refractivity contribution in [1.82, 2.24) is 9.97 Å². The molecule has 1 heterocycles. The molecule has 0 atom stereocenters. The highest BCUT2D eigenvalue weighted by atomic mass is 35.5. The van der Waals surface area contributed by atoms with Gasteiger partial charge in [0.2, 0.25) is 0 Å². The number of aromatic nitrogens is 2. The second-order valence-electron chi connectivity index (χ2n) is 4.49. The summed E-state index contributed by atoms with van der Waals surface area (Å²) >= 11 is 5.82. The molecular weight excluding hydrogens is 296 g/mol. The highest BCUT2D eigenvalue weighted by Gasteiger charge is 2.10. The molecule has 0 radical (unpaired) electrons. The zero-order chi connectivity index (χ0) is 14.8. The molecule has 0 bridgehead atoms. The number of halogens is 3. The number of anilines is 1. The first-order valence-electron chi connectivity index (χ1n) is 6.21. The molecule has 2 aromatic carbocycles. The maximum atomic E-state index is 13.7. The summed E-state index contributed by atoms with van der Waals surface area (Å²) < 4.78 is 27.0. The van der Waals surface area contributed by atoms with Gasteiger partial charge in [-0.3, -0.25) is 0 Å². The van der Waals surface area contributed by atoms with Crippen LogP contribution in [0, 0.1) is 11.6 Å². The number of benzene rings is 2. The molecule has 21 heavy (non-hydrogen) atoms. The van der Waals surface area contributed by atoms with Crippen LogP contribution in [0.4, 0.5) is 14.6 Å². The largest absolute Gasteiger partial charge is 0.365 e. The minimum atomic E-state index is -0.707. The number of hydrogen-bond acceptors (Lipinski definition) is 3. The van der Waals surface area contributed by atoms with Gasteiger partial charge >= 0.3 is 0 Å². The molecule has 0 amide bonds. The fraction of sp³-hybridized carbons (Fsp3) is 0.0667. The Hall–Kier alpha value is -2.27. The molecule has 0 aliphatic heterocycles. The summed E-state index contributed by atoms with van der Waals surface area (Å²) in [7, 11) is 0. The van der Waals surface area contributed by atoms with Crippen LogP contribution in [0.2, 0.25) is 5.02 Å². The van der Waals surface area contributed by atoms with Gasteiger partial charge < -0.3 is 5.32 Å². The average Bonchev–Trinajstić information content (AvgIpc) is 2.47. The first kappa shape index (κ1) is 13.7. The van der Waals surface area contributed by atoms with E-state index in [-0.39, 0.29) is 5.52 Å². The van der Waals surface area contributed by atoms with Crippen molar-refractivity contribution in [3.8, 4) is 0 Å². The lowest BCUT2D eigenvalue weighted by Gasteiger charge is -2.09. The molecule has 0 saturated heterocycles. The van der Waals surface area contributed by atoms with Crippen molar-refractivity contribution < 1.29 is 8.78 Å². The lowest BCUT2D eigenvalue weighted by atomic mass is 10.2. The van der Waals surface area contributed by atoms with Crippen LogP contribution in [0.1, 0.15) is 5.56 Å². The Balaban J connectivity index is 1.92. The Morgan fingerprint density at radius 1 is 1.05 bits per heavy atom. The van der Waals surface area contributed by atoms with Gasteiger partial charge in [0.1, 0.15) is 23.5 Å². The SMILES string of the molecule is Fc1cc(F)c2ncnc(NCc3ccc(Cl)cc3)c2c1. The smallest absolute Gasteiger partial charge is 0.152 e. The summed E-state index contributed by atoms with van der Waals surface area (Å²) in [6.07, 6.45) is 1.24. The summed E-state index contributed by atoms with van der Waals surface area (Å²) in [5.74, 6) is -0.986. The Morgan fingerprint density at radius 2 is 1.81 bits per heavy atom. The van der Waals surface area contributed by atoms with E-state index in [1.165, 1.54) is 12.4 Å². The Bertz CT molecular complexity index is 791. The van der Waals surface area contributed by atoms with Crippen molar-refractivity contribution in [2.75, 3.05) is 5.32 Å². The monoisotopic (exact) mass is 305 g/mol. The van der Waals surface area contributed by atoms with Gasteiger partial charge in [0.15, 0.2) is 5.82 Å². The third-order valence-corrected chi connectivity index (χ3v) is 3.28. The predicted molar refractivity (Wildman–Crippen MR) is 78.2 cm³/mol. The van der Waals surface area contributed by atoms with Crippen LogP contribution in [-0.4, -0.2) is 9.97 Å². The van der Waals surface area contributed by atoms with Crippen LogP contribution in [0.15, 0.2) is 42.7 Å². The molecule has 0 aliphatic rings. The van der Waals surface area contributed by atoms with Crippen molar-refractivity contribution in [1.29, 1.82) is 0 Å². The zero-order valence-corrected chi connectivity index (χ0v) is 11.5. The van der Waals surface area contributed by atoms with Crippen molar-refractivity contribution in [3.63, 3.8) is 0 Å². The van der Waals surface area contributed by atoms with Crippen LogP contribution >= 0.6 is 11.6 Å². The second-order valence-corrected chi connectivity index (χ2v) is 4.92. The Kier molecular flexibility index (Phi) is 3.66. The van der Waals surface area contributed by atoms with Crippen molar-refractivity contribution in [3.05, 3.63) is 64.9 Å². The first-order valence-corrected chi connectivity index (χ1v) is 6.59. The normalized spacial score (nSPS) is 10.8. The third-order valence-electron chi connectivity index (χ3n) is 3.03. The van der Waals surface area contributed by atoms with Crippen molar-refractivity contribution >= 4 is 28.3 Å². The molecule has 1 N–H and O–H groups in total. The van der Waals surface area contributed by atoms with Gasteiger partial charge in [-0.25, -0.2) is 18.7 Å². The van der Waals surface area contributed by atoms with Crippen LogP contribution in [0.25, 0.3) is 10.9 Å². The summed E-state index contributed by atoms with van der Waals surface area (Å²) in [4.78, 5) is 7.88. The van der Waals surface area contributed by atoms with E-state index < -0.39 is 11.6 Å². The minimum Gasteiger partial charge on any atom is -0.365 e. The number of rotatable bonds is 3. The Morgan fingerprint density at radius 3 is 2.57 bits per heavy atom. The summed E-state index contributed by atoms with van der Waals surface area (Å²) in [5, 5.41) is 4.01. The highest BCUT2D eigenvalue weighted by molar-refractivity contribution is 6.30. The van der Waals surface area contributed by atoms with Gasteiger partial charge in [0.05, 0.1) is 0 Å². The number of fused-ring (bicyclic) bond motifs is 1. The fourth-order valence-electron chi connectivity index (χ4n) is 2.02. The van der Waals surface area contributed by atoms with E-state index in [0.29, 0.717) is 22.8 Å². The lowest BCUT2D eigenvalue weighted by molar-refractivity contribution is 0.590. The fourth-order valence-corrected chi connectivity index (χ4v) is 2.15. The van der Waals surface area contributed by atoms with Gasteiger partial charge in [-0.15, -0.1) is 0 Å². The molecule has 0 spiro atoms. The quantitative estimate of drug-likeness (QED) is 0.789. The van der Waals surface area contributed by atoms with E-state index in [4.69, 9.17) is 11.6 Å². The molecule has 0 unspecified atom stereocenters. The van der Waals surface area contributed by atoms with Gasteiger partial charge in [-0.1, -0.05) is 23.7 Å². The van der Waals surface area contributed by atoms with Crippen molar-refractivity contribution in [2.24, 2.45) is 0 Å². The molecule has 3 rings (SSSR count). The summed E-state index contributed by atoms with van der Waals surface area (Å²) in [5.41, 5.74) is 1.06. The minimum absolute atomic E-state index is 0.0880. The maximum absolute atomic E-state index is 13.7. The van der Waals surface area contributed by atoms with Crippen LogP contribution in [0.5, 0.6) is 0 Å². The standard InChI is InChI=1S/C15H10ClF2N3/c16-10-3-1-9(2-4-10)7-19-15-12-5-11(17)6-13(18)14(12)20-8-21-15/h1-6,8H,7H2,(H,19,20,21). The van der Waals surface area contributed by atoms with Gasteiger partial charge in [0.25, 0.3) is 0 Å². The third kappa shape index (κ3) is 2.92. The topological polar surface area (TPSA) is 37.8 Å². The molecular formula is C15H10ClF2N3. The van der Waals surface area contributed by atoms with E-state index in [2.05, 4.69) is 15.3 Å². The Labute approximate surface area is 124 Å². The second kappa shape index (κ2) is 5.61. The first-order chi connectivity index (χ1) is 10.1. The number of nitrogens with one attached hydrogen (secondary N) is 1. The lowest BCUT2D eigenvalue weighted by Crippen LogP contribution is -2.03. The number of hydrogen-bond donors (Lipinski definition) is 1. The van der Waals surface area contributed by atoms with E-state index in [9.17, 15) is 8.78 Å². The van der Waals surface area contributed by atoms with Crippen LogP contribution < -0.4 is 5.32 Å². The summed E-state index contributed by atoms with van der Waals surface area (Å²) in [6, 6.07) is 9.28. The molecule has 106 valence electrons. The maximum Gasteiger partial charge on any atom is 0.152 e. The van der Waals surface area contributed by atoms with Gasteiger partial charge in [-0.05, 0) is 23.8 Å². The van der Waals surface area contributed by atoms with E-state index in [1.54, 1.807) is 12.1 Å². The molecule has 3 nitrogen and oxygen atoms in total. The molecule has 1 aromatic heterocycles. The van der Waals surface area contributed by atoms with Crippen molar-refractivity contribution in [2.45, 2.75) is 6.54 Å². The molecule has 0 saturated carbocycles. The predicted octanol–water partition coefficient (Wildman–Crippen LogP) is 4.17. The molecule has 0 fully saturated rings. The molecule has 6 heteroatoms. The zero-order valence-electron chi connectivity index (χ0n) is 10.8. The average molecular weight is 306 g/mol. The van der Waals surface area contributed by atoms with Crippen LogP contribution in [-0.2, 0) is 6.54 Å². The van der Waals surface area contributed by atoms with Gasteiger partial charge in [0, 0.05) is 23.0 Å². The van der Waals surface area contributed by atoms with E-state index in [0.717, 1.165) is 11.6 Å². The van der Waals surface area contributed by atoms with E-state index in [1.807, 2.05) is 12.1 Å². The summed E-state index contributed by atoms with van der Waals surface area (Å²) in [6.45, 7) is 0.460. The van der Waals surface area contributed by atoms with Gasteiger partial charge in [-0.2, -0.15) is 0 Å². The molecule has 3 aromatic rings.